The first-order chi connectivity index (χ1) is 11.0. The molecule has 0 unspecified atom stereocenters. The molecule has 0 aliphatic heterocycles. The number of thioether (sulfide) groups is 1. The second-order valence-corrected chi connectivity index (χ2v) is 8.42. The third-order valence-electron chi connectivity index (χ3n) is 2.96. The van der Waals surface area contributed by atoms with Crippen molar-refractivity contribution >= 4 is 58.1 Å². The van der Waals surface area contributed by atoms with E-state index >= 15 is 0 Å². The fourth-order valence-electron chi connectivity index (χ4n) is 1.75. The number of nitrogens with one attached hydrogen (secondary N) is 1. The van der Waals surface area contributed by atoms with Crippen molar-refractivity contribution in [3.05, 3.63) is 34.3 Å². The Morgan fingerprint density at radius 3 is 2.91 bits per heavy atom. The topological polar surface area (TPSA) is 68.0 Å². The maximum atomic E-state index is 12.0. The number of halogens is 1. The number of aryl methyl sites for hydroxylation is 1. The number of hydrogen-bond acceptors (Lipinski definition) is 6. The summed E-state index contributed by atoms with van der Waals surface area (Å²) >= 11 is 11.1. The first kappa shape index (κ1) is 18.6. The molecule has 124 valence electrons. The fraction of sp³-hybridized carbons (Fsp3) is 0.333. The molecule has 1 heterocycles. The zero-order chi connectivity index (χ0) is 16.8. The maximum absolute atomic E-state index is 12.0. The van der Waals surface area contributed by atoms with Crippen molar-refractivity contribution in [1.29, 1.82) is 0 Å². The van der Waals surface area contributed by atoms with E-state index in [9.17, 15) is 4.79 Å². The average Bonchev–Trinajstić information content (AvgIpc) is 2.92. The second kappa shape index (κ2) is 8.94. The molecule has 0 fully saturated rings. The van der Waals surface area contributed by atoms with E-state index in [1.807, 2.05) is 30.7 Å². The summed E-state index contributed by atoms with van der Waals surface area (Å²) in [6, 6.07) is 4.94. The summed E-state index contributed by atoms with van der Waals surface area (Å²) < 4.78 is 0.945. The number of anilines is 1. The van der Waals surface area contributed by atoms with Crippen LogP contribution < -0.4 is 11.1 Å². The summed E-state index contributed by atoms with van der Waals surface area (Å²) in [5, 5.41) is 5.39. The molecule has 0 aliphatic rings. The van der Waals surface area contributed by atoms with Crippen molar-refractivity contribution in [1.82, 2.24) is 4.98 Å². The highest BCUT2D eigenvalue weighted by Gasteiger charge is 2.14. The first-order valence-electron chi connectivity index (χ1n) is 6.94. The lowest BCUT2D eigenvalue weighted by Gasteiger charge is -2.12. The Hall–Kier alpha value is -0.730. The minimum absolute atomic E-state index is 0.189. The molecule has 1 atom stereocenters. The Balaban J connectivity index is 2.00. The van der Waals surface area contributed by atoms with Crippen molar-refractivity contribution < 1.29 is 4.79 Å². The van der Waals surface area contributed by atoms with E-state index < -0.39 is 6.04 Å². The minimum atomic E-state index is -0.506. The van der Waals surface area contributed by atoms with E-state index in [0.29, 0.717) is 17.1 Å². The summed E-state index contributed by atoms with van der Waals surface area (Å²) in [5.41, 5.74) is 7.50. The monoisotopic (exact) mass is 387 g/mol. The number of carbonyl (C=O) groups is 1. The van der Waals surface area contributed by atoms with Crippen LogP contribution in [0.25, 0.3) is 0 Å². The van der Waals surface area contributed by atoms with Crippen LogP contribution in [0.1, 0.15) is 12.1 Å². The smallest absolute Gasteiger partial charge is 0.241 e. The maximum Gasteiger partial charge on any atom is 0.241 e. The van der Waals surface area contributed by atoms with Gasteiger partial charge in [-0.2, -0.15) is 11.8 Å². The van der Waals surface area contributed by atoms with E-state index in [-0.39, 0.29) is 5.91 Å². The van der Waals surface area contributed by atoms with E-state index in [1.54, 1.807) is 29.2 Å². The summed E-state index contributed by atoms with van der Waals surface area (Å²) in [4.78, 5) is 17.3. The molecule has 1 aromatic carbocycles. The van der Waals surface area contributed by atoms with E-state index in [4.69, 9.17) is 17.3 Å². The van der Waals surface area contributed by atoms with Crippen LogP contribution in [0.15, 0.2) is 32.8 Å². The SMILES string of the molecule is CSCC[C@H](N)C(=O)Nc1ccc(Sc2nc(C)cs2)c(Cl)c1. The molecule has 23 heavy (non-hydrogen) atoms. The molecule has 0 saturated carbocycles. The van der Waals surface area contributed by atoms with Crippen molar-refractivity contribution in [2.75, 3.05) is 17.3 Å². The molecule has 0 spiro atoms. The summed E-state index contributed by atoms with van der Waals surface area (Å²) in [6.45, 7) is 1.96. The van der Waals surface area contributed by atoms with Gasteiger partial charge in [-0.1, -0.05) is 23.4 Å². The fourth-order valence-corrected chi connectivity index (χ4v) is 4.33. The van der Waals surface area contributed by atoms with Crippen LogP contribution in [-0.4, -0.2) is 28.9 Å². The normalized spacial score (nSPS) is 12.2. The van der Waals surface area contributed by atoms with Gasteiger partial charge in [0.15, 0.2) is 4.34 Å². The molecule has 2 aromatic rings. The number of nitrogens with two attached hydrogens (primary N) is 1. The minimum Gasteiger partial charge on any atom is -0.325 e. The zero-order valence-corrected chi connectivity index (χ0v) is 16.0. The zero-order valence-electron chi connectivity index (χ0n) is 12.8. The molecular weight excluding hydrogens is 370 g/mol. The van der Waals surface area contributed by atoms with Crippen LogP contribution in [-0.2, 0) is 4.79 Å². The largest absolute Gasteiger partial charge is 0.325 e. The standard InChI is InChI=1S/C15H18ClN3OS3/c1-9-8-22-15(18-9)23-13-4-3-10(7-11(13)16)19-14(20)12(17)5-6-21-2/h3-4,7-8,12H,5-6,17H2,1-2H3,(H,19,20)/t12-/m0/s1. The molecule has 2 rings (SSSR count). The molecule has 0 saturated heterocycles. The molecule has 0 bridgehead atoms. The molecule has 3 N–H and O–H groups in total. The summed E-state index contributed by atoms with van der Waals surface area (Å²) in [6.07, 6.45) is 2.64. The quantitative estimate of drug-likeness (QED) is 0.742. The number of benzene rings is 1. The third-order valence-corrected chi connectivity index (χ3v) is 6.17. The highest BCUT2D eigenvalue weighted by Crippen LogP contribution is 2.36. The molecular formula is C15H18ClN3OS3. The summed E-state index contributed by atoms with van der Waals surface area (Å²) in [7, 11) is 0. The number of rotatable bonds is 7. The lowest BCUT2D eigenvalue weighted by Crippen LogP contribution is -2.36. The van der Waals surface area contributed by atoms with Gasteiger partial charge >= 0.3 is 0 Å². The van der Waals surface area contributed by atoms with Gasteiger partial charge in [-0.25, -0.2) is 4.98 Å². The number of carbonyl (C=O) groups excluding carboxylic acids is 1. The van der Waals surface area contributed by atoms with Crippen LogP contribution >= 0.6 is 46.5 Å². The van der Waals surface area contributed by atoms with E-state index in [1.165, 1.54) is 11.8 Å². The number of hydrogen-bond donors (Lipinski definition) is 2. The van der Waals surface area contributed by atoms with Crippen LogP contribution in [0.2, 0.25) is 5.02 Å². The Kier molecular flexibility index (Phi) is 7.23. The van der Waals surface area contributed by atoms with E-state index in [2.05, 4.69) is 10.3 Å². The van der Waals surface area contributed by atoms with Gasteiger partial charge in [-0.15, -0.1) is 11.3 Å². The predicted molar refractivity (Wildman–Crippen MR) is 102 cm³/mol. The highest BCUT2D eigenvalue weighted by molar-refractivity contribution is 8.01. The molecule has 0 aliphatic carbocycles. The molecule has 4 nitrogen and oxygen atoms in total. The molecule has 0 radical (unpaired) electrons. The van der Waals surface area contributed by atoms with Crippen molar-refractivity contribution in [2.24, 2.45) is 5.73 Å². The van der Waals surface area contributed by atoms with Gasteiger partial charge in [0.2, 0.25) is 5.91 Å². The van der Waals surface area contributed by atoms with Crippen LogP contribution in [0.3, 0.4) is 0 Å². The Morgan fingerprint density at radius 1 is 1.52 bits per heavy atom. The van der Waals surface area contributed by atoms with Gasteiger partial charge < -0.3 is 11.1 Å². The van der Waals surface area contributed by atoms with Gasteiger partial charge in [0.1, 0.15) is 0 Å². The Bertz CT molecular complexity index is 678. The van der Waals surface area contributed by atoms with Crippen LogP contribution in [0.5, 0.6) is 0 Å². The van der Waals surface area contributed by atoms with Gasteiger partial charge in [0.25, 0.3) is 0 Å². The van der Waals surface area contributed by atoms with Gasteiger partial charge in [-0.3, -0.25) is 4.79 Å². The molecule has 8 heteroatoms. The third kappa shape index (κ3) is 5.69. The van der Waals surface area contributed by atoms with Crippen molar-refractivity contribution in [3.8, 4) is 0 Å². The number of aromatic nitrogens is 1. The lowest BCUT2D eigenvalue weighted by molar-refractivity contribution is -0.117. The lowest BCUT2D eigenvalue weighted by atomic mass is 10.2. The first-order valence-corrected chi connectivity index (χ1v) is 10.4. The second-order valence-electron chi connectivity index (χ2n) is 4.88. The van der Waals surface area contributed by atoms with Gasteiger partial charge in [0.05, 0.1) is 11.1 Å². The number of thiazole rings is 1. The molecule has 1 amide bonds. The predicted octanol–water partition coefficient (Wildman–Crippen LogP) is 4.28. The molecule has 1 aromatic heterocycles. The van der Waals surface area contributed by atoms with E-state index in [0.717, 1.165) is 20.7 Å². The number of nitrogens with zero attached hydrogens (tertiary/aromatic N) is 1. The van der Waals surface area contributed by atoms with Gasteiger partial charge in [-0.05, 0) is 43.6 Å². The van der Waals surface area contributed by atoms with Crippen molar-refractivity contribution in [2.45, 2.75) is 28.6 Å². The average molecular weight is 388 g/mol. The summed E-state index contributed by atoms with van der Waals surface area (Å²) in [5.74, 6) is 0.670. The van der Waals surface area contributed by atoms with Crippen molar-refractivity contribution in [3.63, 3.8) is 0 Å². The van der Waals surface area contributed by atoms with Crippen LogP contribution in [0, 0.1) is 6.92 Å². The highest BCUT2D eigenvalue weighted by atomic mass is 35.5. The Morgan fingerprint density at radius 2 is 2.30 bits per heavy atom. The van der Waals surface area contributed by atoms with Crippen LogP contribution in [0.4, 0.5) is 5.69 Å². The van der Waals surface area contributed by atoms with Gasteiger partial charge in [0, 0.05) is 21.7 Å². The Labute approximate surface area is 153 Å². The number of amides is 1.